The van der Waals surface area contributed by atoms with Crippen molar-refractivity contribution in [3.63, 3.8) is 0 Å². The molecule has 2 aromatic heterocycles. The lowest BCUT2D eigenvalue weighted by Gasteiger charge is -2.19. The molecule has 3 N–H and O–H groups in total. The van der Waals surface area contributed by atoms with Gasteiger partial charge in [-0.25, -0.2) is 9.78 Å². The van der Waals surface area contributed by atoms with Crippen molar-refractivity contribution in [1.82, 2.24) is 19.8 Å². The number of nitrogens with one attached hydrogen (secondary N) is 1. The van der Waals surface area contributed by atoms with Gasteiger partial charge in [0, 0.05) is 47.3 Å². The molecule has 10 nitrogen and oxygen atoms in total. The maximum Gasteiger partial charge on any atom is 0.325 e. The Morgan fingerprint density at radius 3 is 2.64 bits per heavy atom. The number of rotatable bonds is 6. The summed E-state index contributed by atoms with van der Waals surface area (Å²) in [6.45, 7) is 4.80. The number of urea groups is 1. The Bertz CT molecular complexity index is 1610. The molecule has 0 saturated carbocycles. The van der Waals surface area contributed by atoms with Crippen molar-refractivity contribution >= 4 is 34.4 Å². The Hall–Kier alpha value is -4.91. The first-order valence-electron chi connectivity index (χ1n) is 12.8. The summed E-state index contributed by atoms with van der Waals surface area (Å²) in [6.07, 6.45) is 4.58. The molecule has 2 aliphatic rings. The summed E-state index contributed by atoms with van der Waals surface area (Å²) in [5.41, 5.74) is 10.6. The largest absolute Gasteiger partial charge is 0.366 e. The molecule has 1 aromatic carbocycles. The van der Waals surface area contributed by atoms with Crippen LogP contribution in [0.2, 0.25) is 0 Å². The number of fused-ring (bicyclic) bond motifs is 1. The highest BCUT2D eigenvalue weighted by Gasteiger charge is 2.36. The fraction of sp³-hybridized carbons (Fsp3) is 0.276. The zero-order chi connectivity index (χ0) is 27.8. The minimum atomic E-state index is -0.542. The van der Waals surface area contributed by atoms with Crippen LogP contribution in [-0.4, -0.2) is 51.9 Å². The number of carbonyl (C=O) groups excluding carboxylic acids is 3. The van der Waals surface area contributed by atoms with Crippen molar-refractivity contribution < 1.29 is 14.4 Å². The number of amides is 4. The lowest BCUT2D eigenvalue weighted by molar-refractivity contribution is -0.114. The summed E-state index contributed by atoms with van der Waals surface area (Å²) in [5.74, 6) is -0.883. The predicted molar refractivity (Wildman–Crippen MR) is 148 cm³/mol. The van der Waals surface area contributed by atoms with Crippen LogP contribution in [0.25, 0.3) is 22.2 Å². The van der Waals surface area contributed by atoms with Gasteiger partial charge in [0.1, 0.15) is 6.04 Å². The Kier molecular flexibility index (Phi) is 6.66. The number of aromatic nitrogens is 2. The highest BCUT2D eigenvalue weighted by atomic mass is 16.2. The van der Waals surface area contributed by atoms with E-state index in [1.54, 1.807) is 19.2 Å². The standard InChI is InChI=1S/C29H29N7O3/c1-4-35-24(18-8-10-22(11-9-18)36-23(15-30)16-34(3)29(36)39)14-20-12-17(2)32-25(26(20)35)28(38)33-21-7-5-6-19(13-21)27(31)37/h6,8-14,23H,4-5,7,16H2,1-3H3,(H2,31,37)(H,33,38). The number of nitrogens with two attached hydrogens (primary N) is 1. The third-order valence-electron chi connectivity index (χ3n) is 7.08. The molecule has 4 amide bonds. The monoisotopic (exact) mass is 523 g/mol. The minimum absolute atomic E-state index is 0.208. The quantitative estimate of drug-likeness (QED) is 0.508. The second-order valence-electron chi connectivity index (χ2n) is 9.73. The molecule has 1 saturated heterocycles. The number of nitrogens with zero attached hydrogens (tertiary/aromatic N) is 5. The number of carbonyl (C=O) groups is 3. The summed E-state index contributed by atoms with van der Waals surface area (Å²) < 4.78 is 2.04. The normalized spacial score (nSPS) is 17.2. The van der Waals surface area contributed by atoms with Crippen molar-refractivity contribution in [2.24, 2.45) is 5.73 Å². The molecule has 1 fully saturated rings. The molecule has 3 aromatic rings. The van der Waals surface area contributed by atoms with Crippen molar-refractivity contribution in [2.45, 2.75) is 39.3 Å². The maximum absolute atomic E-state index is 13.4. The van der Waals surface area contributed by atoms with Crippen molar-refractivity contribution in [2.75, 3.05) is 18.5 Å². The number of hydrogen-bond donors (Lipinski definition) is 2. The van der Waals surface area contributed by atoms with Crippen LogP contribution < -0.4 is 16.0 Å². The molecule has 198 valence electrons. The zero-order valence-electron chi connectivity index (χ0n) is 22.1. The Balaban J connectivity index is 1.51. The number of primary amides is 1. The van der Waals surface area contributed by atoms with E-state index in [4.69, 9.17) is 5.73 Å². The van der Waals surface area contributed by atoms with Crippen LogP contribution in [0.4, 0.5) is 10.5 Å². The molecule has 0 spiro atoms. The number of benzene rings is 1. The van der Waals surface area contributed by atoms with E-state index in [2.05, 4.69) is 16.4 Å². The summed E-state index contributed by atoms with van der Waals surface area (Å²) in [6, 6.07) is 12.9. The molecule has 10 heteroatoms. The van der Waals surface area contributed by atoms with Crippen LogP contribution in [0, 0.1) is 18.3 Å². The van der Waals surface area contributed by atoms with Gasteiger partial charge in [0.05, 0.1) is 18.1 Å². The van der Waals surface area contributed by atoms with Gasteiger partial charge in [-0.15, -0.1) is 0 Å². The molecule has 1 unspecified atom stereocenters. The molecule has 1 aliphatic heterocycles. The lowest BCUT2D eigenvalue weighted by Crippen LogP contribution is -2.33. The van der Waals surface area contributed by atoms with E-state index in [-0.39, 0.29) is 11.9 Å². The third kappa shape index (κ3) is 4.63. The number of anilines is 1. The molecule has 0 radical (unpaired) electrons. The summed E-state index contributed by atoms with van der Waals surface area (Å²) in [7, 11) is 1.68. The molecule has 1 aliphatic carbocycles. The first-order valence-corrected chi connectivity index (χ1v) is 12.8. The van der Waals surface area contributed by atoms with E-state index in [0.29, 0.717) is 59.8 Å². The van der Waals surface area contributed by atoms with Gasteiger partial charge in [0.25, 0.3) is 5.91 Å². The highest BCUT2D eigenvalue weighted by Crippen LogP contribution is 2.33. The van der Waals surface area contributed by atoms with Crippen LogP contribution in [0.3, 0.4) is 0 Å². The van der Waals surface area contributed by atoms with Crippen molar-refractivity contribution in [1.29, 1.82) is 5.26 Å². The summed E-state index contributed by atoms with van der Waals surface area (Å²) in [5, 5.41) is 13.3. The van der Waals surface area contributed by atoms with E-state index in [9.17, 15) is 19.6 Å². The Labute approximate surface area is 226 Å². The van der Waals surface area contributed by atoms with Gasteiger partial charge in [-0.05, 0) is 62.6 Å². The second-order valence-corrected chi connectivity index (χ2v) is 9.73. The molecule has 39 heavy (non-hydrogen) atoms. The fourth-order valence-electron chi connectivity index (χ4n) is 5.25. The number of nitriles is 1. The zero-order valence-corrected chi connectivity index (χ0v) is 22.1. The van der Waals surface area contributed by atoms with Crippen molar-refractivity contribution in [3.05, 3.63) is 71.2 Å². The van der Waals surface area contributed by atoms with E-state index < -0.39 is 11.9 Å². The van der Waals surface area contributed by atoms with Crippen LogP contribution in [0.15, 0.2) is 59.8 Å². The lowest BCUT2D eigenvalue weighted by atomic mass is 10.0. The molecule has 1 atom stereocenters. The van der Waals surface area contributed by atoms with Crippen LogP contribution in [0.1, 0.15) is 35.9 Å². The predicted octanol–water partition coefficient (Wildman–Crippen LogP) is 3.61. The van der Waals surface area contributed by atoms with Gasteiger partial charge < -0.3 is 20.5 Å². The topological polar surface area (TPSA) is 137 Å². The van der Waals surface area contributed by atoms with Gasteiger partial charge in [-0.1, -0.05) is 18.2 Å². The molecular weight excluding hydrogens is 494 g/mol. The number of hydrogen-bond acceptors (Lipinski definition) is 5. The van der Waals surface area contributed by atoms with Gasteiger partial charge >= 0.3 is 6.03 Å². The number of aryl methyl sites for hydroxylation is 2. The Morgan fingerprint density at radius 1 is 1.23 bits per heavy atom. The third-order valence-corrected chi connectivity index (χ3v) is 7.08. The minimum Gasteiger partial charge on any atom is -0.366 e. The molecular formula is C29H29N7O3. The number of pyridine rings is 1. The fourth-order valence-corrected chi connectivity index (χ4v) is 5.25. The average Bonchev–Trinajstić information content (AvgIpc) is 3.44. The van der Waals surface area contributed by atoms with Crippen LogP contribution in [0.5, 0.6) is 0 Å². The van der Waals surface area contributed by atoms with E-state index in [1.165, 1.54) is 9.80 Å². The van der Waals surface area contributed by atoms with E-state index >= 15 is 0 Å². The molecule has 0 bridgehead atoms. The van der Waals surface area contributed by atoms with E-state index in [0.717, 1.165) is 16.6 Å². The highest BCUT2D eigenvalue weighted by molar-refractivity contribution is 6.06. The average molecular weight is 524 g/mol. The first kappa shape index (κ1) is 25.7. The molecule has 3 heterocycles. The van der Waals surface area contributed by atoms with Crippen molar-refractivity contribution in [3.8, 4) is 17.3 Å². The van der Waals surface area contributed by atoms with Gasteiger partial charge in [-0.3, -0.25) is 14.5 Å². The van der Waals surface area contributed by atoms with Gasteiger partial charge in [0.15, 0.2) is 5.69 Å². The van der Waals surface area contributed by atoms with Gasteiger partial charge in [-0.2, -0.15) is 5.26 Å². The Morgan fingerprint density at radius 2 is 1.97 bits per heavy atom. The molecule has 5 rings (SSSR count). The SMILES string of the molecule is CCn1c(-c2ccc(N3C(=O)N(C)CC3C#N)cc2)cc2cc(C)nc(C(=O)NC3=CC(C(N)=O)=CCC3)c21. The summed E-state index contributed by atoms with van der Waals surface area (Å²) >= 11 is 0. The maximum atomic E-state index is 13.4. The summed E-state index contributed by atoms with van der Waals surface area (Å²) in [4.78, 5) is 45.3. The first-order chi connectivity index (χ1) is 18.7. The second kappa shape index (κ2) is 10.1. The number of allylic oxidation sites excluding steroid dienone is 2. The van der Waals surface area contributed by atoms with Crippen LogP contribution in [-0.2, 0) is 11.3 Å². The van der Waals surface area contributed by atoms with E-state index in [1.807, 2.05) is 54.8 Å². The number of likely N-dealkylation sites (N-methyl/N-ethyl adjacent to an activating group) is 1. The van der Waals surface area contributed by atoms with Gasteiger partial charge in [0.2, 0.25) is 5.91 Å². The van der Waals surface area contributed by atoms with Crippen LogP contribution >= 0.6 is 0 Å². The smallest absolute Gasteiger partial charge is 0.325 e.